The monoisotopic (exact) mass is 403 g/mol. The lowest BCUT2D eigenvalue weighted by Crippen LogP contribution is -2.45. The molecule has 0 aliphatic heterocycles. The van der Waals surface area contributed by atoms with E-state index in [4.69, 9.17) is 16.3 Å². The molecule has 1 aliphatic rings. The molecule has 0 spiro atoms. The highest BCUT2D eigenvalue weighted by Gasteiger charge is 2.50. The van der Waals surface area contributed by atoms with E-state index in [2.05, 4.69) is 4.98 Å². The van der Waals surface area contributed by atoms with Crippen LogP contribution in [0.3, 0.4) is 0 Å². The van der Waals surface area contributed by atoms with Crippen LogP contribution in [0, 0.1) is 0 Å². The fraction of sp³-hybridized carbons (Fsp3) is 0.333. The summed E-state index contributed by atoms with van der Waals surface area (Å²) in [5.74, 6) is -0.176. The average Bonchev–Trinajstić information content (AvgIpc) is 3.22. The molecular weight excluding hydrogens is 382 g/mol. The number of hydrogen-bond donors (Lipinski definition) is 1. The highest BCUT2D eigenvalue weighted by molar-refractivity contribution is 7.93. The number of rotatable bonds is 5. The average molecular weight is 404 g/mol. The SMILES string of the molecule is COCC(C)(C1CCc2[nH]c3ccc(Cl)cc3c21)S(=O)(=O)c1ccccc1. The summed E-state index contributed by atoms with van der Waals surface area (Å²) in [6.07, 6.45) is 1.57. The molecule has 3 aromatic rings. The summed E-state index contributed by atoms with van der Waals surface area (Å²) in [6, 6.07) is 14.4. The van der Waals surface area contributed by atoms with E-state index in [0.717, 1.165) is 35.0 Å². The fourth-order valence-electron chi connectivity index (χ4n) is 4.40. The lowest BCUT2D eigenvalue weighted by atomic mass is 9.87. The molecule has 27 heavy (non-hydrogen) atoms. The van der Waals surface area contributed by atoms with Gasteiger partial charge in [-0.15, -0.1) is 0 Å². The Labute approximate surface area is 164 Å². The molecule has 0 amide bonds. The molecule has 6 heteroatoms. The Balaban J connectivity index is 1.91. The molecule has 1 aliphatic carbocycles. The van der Waals surface area contributed by atoms with Gasteiger partial charge in [-0.2, -0.15) is 0 Å². The molecule has 0 radical (unpaired) electrons. The third-order valence-corrected chi connectivity index (χ3v) is 8.51. The van der Waals surface area contributed by atoms with Gasteiger partial charge in [-0.1, -0.05) is 29.8 Å². The number of aromatic amines is 1. The maximum Gasteiger partial charge on any atom is 0.186 e. The number of aryl methyl sites for hydroxylation is 1. The van der Waals surface area contributed by atoms with E-state index in [1.165, 1.54) is 0 Å². The Kier molecular flexibility index (Phi) is 4.57. The molecule has 4 nitrogen and oxygen atoms in total. The molecule has 4 rings (SSSR count). The standard InChI is InChI=1S/C21H22ClNO3S/c1-21(13-26-2,27(24,25)15-6-4-3-5-7-15)17-9-11-19-20(17)16-12-14(22)8-10-18(16)23-19/h3-8,10,12,17,23H,9,11,13H2,1-2H3. The molecule has 2 atom stereocenters. The summed E-state index contributed by atoms with van der Waals surface area (Å²) in [4.78, 5) is 3.77. The molecule has 0 saturated carbocycles. The topological polar surface area (TPSA) is 59.2 Å². The summed E-state index contributed by atoms with van der Waals surface area (Å²) >= 11 is 6.23. The molecule has 1 aromatic heterocycles. The predicted molar refractivity (Wildman–Crippen MR) is 108 cm³/mol. The van der Waals surface area contributed by atoms with Crippen molar-refractivity contribution in [3.8, 4) is 0 Å². The van der Waals surface area contributed by atoms with E-state index in [0.29, 0.717) is 9.92 Å². The van der Waals surface area contributed by atoms with Crippen molar-refractivity contribution < 1.29 is 13.2 Å². The van der Waals surface area contributed by atoms with Crippen LogP contribution in [0.15, 0.2) is 53.4 Å². The predicted octanol–water partition coefficient (Wildman–Crippen LogP) is 4.73. The van der Waals surface area contributed by atoms with Crippen LogP contribution in [0.1, 0.15) is 30.5 Å². The van der Waals surface area contributed by atoms with Crippen LogP contribution in [0.4, 0.5) is 0 Å². The van der Waals surface area contributed by atoms with Crippen LogP contribution < -0.4 is 0 Å². The molecule has 2 aromatic carbocycles. The van der Waals surface area contributed by atoms with Gasteiger partial charge in [0.25, 0.3) is 0 Å². The molecular formula is C21H22ClNO3S. The maximum atomic E-state index is 13.6. The molecule has 142 valence electrons. The van der Waals surface area contributed by atoms with Crippen LogP contribution in [0.2, 0.25) is 5.02 Å². The Morgan fingerprint density at radius 1 is 1.22 bits per heavy atom. The van der Waals surface area contributed by atoms with Crippen molar-refractivity contribution in [1.29, 1.82) is 0 Å². The molecule has 0 bridgehead atoms. The minimum atomic E-state index is -3.62. The molecule has 2 unspecified atom stereocenters. The minimum absolute atomic E-state index is 0.127. The number of aromatic nitrogens is 1. The summed E-state index contributed by atoms with van der Waals surface area (Å²) in [5, 5.41) is 1.65. The van der Waals surface area contributed by atoms with Crippen LogP contribution >= 0.6 is 11.6 Å². The third-order valence-electron chi connectivity index (χ3n) is 5.75. The first kappa shape index (κ1) is 18.5. The summed E-state index contributed by atoms with van der Waals surface area (Å²) in [5.41, 5.74) is 3.15. The van der Waals surface area contributed by atoms with Gasteiger partial charge in [-0.05, 0) is 55.7 Å². The van der Waals surface area contributed by atoms with Gasteiger partial charge in [-0.3, -0.25) is 0 Å². The van der Waals surface area contributed by atoms with Crippen molar-refractivity contribution in [2.75, 3.05) is 13.7 Å². The first-order chi connectivity index (χ1) is 12.9. The van der Waals surface area contributed by atoms with E-state index < -0.39 is 14.6 Å². The first-order valence-electron chi connectivity index (χ1n) is 8.97. The zero-order valence-corrected chi connectivity index (χ0v) is 16.9. The van der Waals surface area contributed by atoms with Gasteiger partial charge in [0.1, 0.15) is 4.75 Å². The van der Waals surface area contributed by atoms with Crippen molar-refractivity contribution in [1.82, 2.24) is 4.98 Å². The highest BCUT2D eigenvalue weighted by atomic mass is 35.5. The minimum Gasteiger partial charge on any atom is -0.383 e. The Hall–Kier alpha value is -1.82. The van der Waals surface area contributed by atoms with Crippen molar-refractivity contribution in [3.63, 3.8) is 0 Å². The van der Waals surface area contributed by atoms with Gasteiger partial charge in [0.15, 0.2) is 9.84 Å². The number of nitrogens with one attached hydrogen (secondary N) is 1. The summed E-state index contributed by atoms with van der Waals surface area (Å²) < 4.78 is 31.7. The quantitative estimate of drug-likeness (QED) is 0.669. The van der Waals surface area contributed by atoms with Crippen molar-refractivity contribution in [2.45, 2.75) is 35.3 Å². The number of methoxy groups -OCH3 is 1. The van der Waals surface area contributed by atoms with Gasteiger partial charge < -0.3 is 9.72 Å². The molecule has 1 N–H and O–H groups in total. The van der Waals surface area contributed by atoms with E-state index in [9.17, 15) is 8.42 Å². The van der Waals surface area contributed by atoms with E-state index >= 15 is 0 Å². The van der Waals surface area contributed by atoms with E-state index in [1.54, 1.807) is 31.4 Å². The molecule has 1 heterocycles. The van der Waals surface area contributed by atoms with Crippen LogP contribution in [-0.4, -0.2) is 31.9 Å². The van der Waals surface area contributed by atoms with E-state index in [1.807, 2.05) is 31.2 Å². The smallest absolute Gasteiger partial charge is 0.186 e. The normalized spacial score (nSPS) is 19.1. The second-order valence-corrected chi connectivity index (χ2v) is 10.2. The zero-order chi connectivity index (χ0) is 19.2. The fourth-order valence-corrected chi connectivity index (χ4v) is 6.51. The lowest BCUT2D eigenvalue weighted by molar-refractivity contribution is 0.157. The Morgan fingerprint density at radius 3 is 2.67 bits per heavy atom. The summed E-state index contributed by atoms with van der Waals surface area (Å²) in [6.45, 7) is 1.93. The van der Waals surface area contributed by atoms with Crippen molar-refractivity contribution in [3.05, 3.63) is 64.8 Å². The van der Waals surface area contributed by atoms with Crippen LogP contribution in [0.25, 0.3) is 10.9 Å². The van der Waals surface area contributed by atoms with Gasteiger partial charge in [0, 0.05) is 34.6 Å². The maximum absolute atomic E-state index is 13.6. The largest absolute Gasteiger partial charge is 0.383 e. The zero-order valence-electron chi connectivity index (χ0n) is 15.3. The number of ether oxygens (including phenoxy) is 1. The second-order valence-electron chi connectivity index (χ2n) is 7.36. The summed E-state index contributed by atoms with van der Waals surface area (Å²) in [7, 11) is -2.06. The number of halogens is 1. The van der Waals surface area contributed by atoms with Gasteiger partial charge in [0.2, 0.25) is 0 Å². The van der Waals surface area contributed by atoms with Gasteiger partial charge >= 0.3 is 0 Å². The van der Waals surface area contributed by atoms with Crippen molar-refractivity contribution in [2.24, 2.45) is 0 Å². The highest BCUT2D eigenvalue weighted by Crippen LogP contribution is 2.49. The molecule has 0 saturated heterocycles. The third kappa shape index (κ3) is 2.80. The van der Waals surface area contributed by atoms with Crippen LogP contribution in [-0.2, 0) is 21.0 Å². The number of benzene rings is 2. The Bertz CT molecular complexity index is 1090. The van der Waals surface area contributed by atoms with Crippen LogP contribution in [0.5, 0.6) is 0 Å². The van der Waals surface area contributed by atoms with Crippen molar-refractivity contribution >= 4 is 32.3 Å². The first-order valence-corrected chi connectivity index (χ1v) is 10.8. The van der Waals surface area contributed by atoms with Gasteiger partial charge in [0.05, 0.1) is 11.5 Å². The van der Waals surface area contributed by atoms with Gasteiger partial charge in [-0.25, -0.2) is 8.42 Å². The second kappa shape index (κ2) is 6.66. The lowest BCUT2D eigenvalue weighted by Gasteiger charge is -2.35. The van der Waals surface area contributed by atoms with E-state index in [-0.39, 0.29) is 12.5 Å². The number of fused-ring (bicyclic) bond motifs is 3. The number of H-pyrrole nitrogens is 1. The Morgan fingerprint density at radius 2 is 1.96 bits per heavy atom. The number of sulfone groups is 1. The molecule has 0 fully saturated rings. The number of hydrogen-bond acceptors (Lipinski definition) is 3.